The second-order valence-electron chi connectivity index (χ2n) is 5.32. The molecule has 4 nitrogen and oxygen atoms in total. The Bertz CT molecular complexity index is 438. The van der Waals surface area contributed by atoms with Crippen LogP contribution in [0.2, 0.25) is 0 Å². The minimum Gasteiger partial charge on any atom is -0.384 e. The Morgan fingerprint density at radius 2 is 1.71 bits per heavy atom. The zero-order valence-corrected chi connectivity index (χ0v) is 14.9. The van der Waals surface area contributed by atoms with Crippen LogP contribution in [0.25, 0.3) is 0 Å². The van der Waals surface area contributed by atoms with E-state index in [1.54, 1.807) is 18.2 Å². The van der Waals surface area contributed by atoms with E-state index in [0.717, 1.165) is 22.2 Å². The number of hydrogen-bond acceptors (Lipinski definition) is 3. The molecule has 0 saturated heterocycles. The molecule has 1 aromatic rings. The van der Waals surface area contributed by atoms with Crippen LogP contribution in [0.1, 0.15) is 58.3 Å². The fourth-order valence-corrected chi connectivity index (χ4v) is 2.93. The number of halogens is 1. The van der Waals surface area contributed by atoms with Gasteiger partial charge in [0.1, 0.15) is 0 Å². The molecular weight excluding hydrogens is 379 g/mol. The smallest absolute Gasteiger partial charge is 0.270 e. The molecule has 0 unspecified atom stereocenters. The van der Waals surface area contributed by atoms with Crippen LogP contribution in [-0.4, -0.2) is 11.5 Å². The van der Waals surface area contributed by atoms with Gasteiger partial charge in [-0.2, -0.15) is 0 Å². The summed E-state index contributed by atoms with van der Waals surface area (Å²) in [5.41, 5.74) is 1.14. The van der Waals surface area contributed by atoms with E-state index in [4.69, 9.17) is 0 Å². The highest BCUT2D eigenvalue weighted by atomic mass is 127. The zero-order valence-electron chi connectivity index (χ0n) is 12.7. The third-order valence-electron chi connectivity index (χ3n) is 3.51. The summed E-state index contributed by atoms with van der Waals surface area (Å²) in [6.07, 6.45) is 10.5. The zero-order chi connectivity index (χ0) is 15.5. The molecule has 1 rings (SSSR count). The fourth-order valence-electron chi connectivity index (χ4n) is 2.24. The largest absolute Gasteiger partial charge is 0.384 e. The number of rotatable bonds is 11. The predicted molar refractivity (Wildman–Crippen MR) is 96.9 cm³/mol. The van der Waals surface area contributed by atoms with Gasteiger partial charge in [0.25, 0.3) is 5.69 Å². The Morgan fingerprint density at radius 3 is 2.29 bits per heavy atom. The van der Waals surface area contributed by atoms with Crippen molar-refractivity contribution in [2.75, 3.05) is 11.9 Å². The number of non-ortho nitro benzene ring substituents is 1. The lowest BCUT2D eigenvalue weighted by Gasteiger charge is -2.08. The Kier molecular flexibility index (Phi) is 9.37. The van der Waals surface area contributed by atoms with Crippen molar-refractivity contribution >= 4 is 34.0 Å². The van der Waals surface area contributed by atoms with Gasteiger partial charge in [-0.05, 0) is 35.1 Å². The number of hydrogen-bond donors (Lipinski definition) is 1. The first-order chi connectivity index (χ1) is 10.1. The maximum atomic E-state index is 10.7. The molecule has 0 bridgehead atoms. The van der Waals surface area contributed by atoms with Gasteiger partial charge in [-0.1, -0.05) is 51.9 Å². The molecule has 5 heteroatoms. The van der Waals surface area contributed by atoms with Crippen molar-refractivity contribution in [3.8, 4) is 0 Å². The van der Waals surface area contributed by atoms with Gasteiger partial charge in [0.15, 0.2) is 0 Å². The van der Waals surface area contributed by atoms with Crippen LogP contribution >= 0.6 is 22.6 Å². The average Bonchev–Trinajstić information content (AvgIpc) is 2.46. The van der Waals surface area contributed by atoms with Gasteiger partial charge >= 0.3 is 0 Å². The molecule has 0 aromatic heterocycles. The lowest BCUT2D eigenvalue weighted by atomic mass is 10.1. The van der Waals surface area contributed by atoms with E-state index < -0.39 is 0 Å². The summed E-state index contributed by atoms with van der Waals surface area (Å²) in [7, 11) is 0. The minimum absolute atomic E-state index is 0.150. The summed E-state index contributed by atoms with van der Waals surface area (Å²) >= 11 is 2.14. The Balaban J connectivity index is 2.14. The highest BCUT2D eigenvalue weighted by Gasteiger charge is 2.08. The molecule has 0 aliphatic carbocycles. The van der Waals surface area contributed by atoms with Gasteiger partial charge in [0.2, 0.25) is 0 Å². The number of nitrogens with one attached hydrogen (secondary N) is 1. The van der Waals surface area contributed by atoms with Crippen LogP contribution in [0.4, 0.5) is 11.4 Å². The summed E-state index contributed by atoms with van der Waals surface area (Å²) in [5.74, 6) is 0. The van der Waals surface area contributed by atoms with Crippen molar-refractivity contribution in [1.29, 1.82) is 0 Å². The molecule has 1 N–H and O–H groups in total. The van der Waals surface area contributed by atoms with Crippen molar-refractivity contribution in [2.45, 2.75) is 58.3 Å². The number of anilines is 1. The molecule has 0 heterocycles. The van der Waals surface area contributed by atoms with Crippen molar-refractivity contribution in [1.82, 2.24) is 0 Å². The number of nitro groups is 1. The third kappa shape index (κ3) is 7.64. The van der Waals surface area contributed by atoms with Gasteiger partial charge in [0.05, 0.1) is 4.92 Å². The molecule has 0 amide bonds. The van der Waals surface area contributed by atoms with Gasteiger partial charge < -0.3 is 5.32 Å². The molecule has 1 aromatic carbocycles. The Morgan fingerprint density at radius 1 is 1.10 bits per heavy atom. The van der Waals surface area contributed by atoms with Crippen LogP contribution < -0.4 is 5.32 Å². The topological polar surface area (TPSA) is 55.2 Å². The maximum absolute atomic E-state index is 10.7. The first kappa shape index (κ1) is 18.2. The molecule has 0 atom stereocenters. The number of nitrogens with zero attached hydrogens (tertiary/aromatic N) is 1. The van der Waals surface area contributed by atoms with Gasteiger partial charge in [-0.25, -0.2) is 0 Å². The van der Waals surface area contributed by atoms with Gasteiger partial charge in [-0.3, -0.25) is 10.1 Å². The predicted octanol–water partition coefficient (Wildman–Crippen LogP) is 5.75. The molecule has 118 valence electrons. The molecule has 0 aliphatic rings. The summed E-state index contributed by atoms with van der Waals surface area (Å²) < 4.78 is 0.904. The standard InChI is InChI=1S/C16H25IN2O2/c1-2-3-4-5-6-7-8-9-12-18-16-11-10-14(19(20)21)13-15(16)17/h10-11,13,18H,2-9,12H2,1H3. The van der Waals surface area contributed by atoms with Crippen LogP contribution in [0.15, 0.2) is 18.2 Å². The van der Waals surface area contributed by atoms with Crippen molar-refractivity contribution in [3.63, 3.8) is 0 Å². The quantitative estimate of drug-likeness (QED) is 0.221. The highest BCUT2D eigenvalue weighted by Crippen LogP contribution is 2.23. The monoisotopic (exact) mass is 404 g/mol. The van der Waals surface area contributed by atoms with E-state index in [9.17, 15) is 10.1 Å². The Hall–Kier alpha value is -0.850. The van der Waals surface area contributed by atoms with E-state index in [-0.39, 0.29) is 10.6 Å². The minimum atomic E-state index is -0.357. The number of benzene rings is 1. The number of unbranched alkanes of at least 4 members (excludes halogenated alkanes) is 7. The highest BCUT2D eigenvalue weighted by molar-refractivity contribution is 14.1. The normalized spacial score (nSPS) is 10.6. The van der Waals surface area contributed by atoms with E-state index >= 15 is 0 Å². The van der Waals surface area contributed by atoms with E-state index in [0.29, 0.717) is 0 Å². The lowest BCUT2D eigenvalue weighted by Crippen LogP contribution is -2.03. The molecule has 0 fully saturated rings. The van der Waals surface area contributed by atoms with Crippen molar-refractivity contribution in [2.24, 2.45) is 0 Å². The van der Waals surface area contributed by atoms with Crippen molar-refractivity contribution < 1.29 is 4.92 Å². The lowest BCUT2D eigenvalue weighted by molar-refractivity contribution is -0.384. The maximum Gasteiger partial charge on any atom is 0.270 e. The molecule has 0 spiro atoms. The molecule has 21 heavy (non-hydrogen) atoms. The SMILES string of the molecule is CCCCCCCCCCNc1ccc([N+](=O)[O-])cc1I. The molecular formula is C16H25IN2O2. The van der Waals surface area contributed by atoms with Crippen LogP contribution in [0.3, 0.4) is 0 Å². The average molecular weight is 404 g/mol. The van der Waals surface area contributed by atoms with E-state index in [2.05, 4.69) is 34.8 Å². The fraction of sp³-hybridized carbons (Fsp3) is 0.625. The van der Waals surface area contributed by atoms with E-state index in [1.807, 2.05) is 0 Å². The Labute approximate surface area is 141 Å². The second-order valence-corrected chi connectivity index (χ2v) is 6.49. The van der Waals surface area contributed by atoms with Crippen LogP contribution in [0, 0.1) is 13.7 Å². The van der Waals surface area contributed by atoms with Crippen molar-refractivity contribution in [3.05, 3.63) is 31.9 Å². The van der Waals surface area contributed by atoms with E-state index in [1.165, 1.54) is 44.9 Å². The van der Waals surface area contributed by atoms with Gasteiger partial charge in [-0.15, -0.1) is 0 Å². The first-order valence-corrected chi connectivity index (χ1v) is 8.91. The third-order valence-corrected chi connectivity index (χ3v) is 4.40. The summed E-state index contributed by atoms with van der Waals surface area (Å²) in [5, 5.41) is 14.0. The van der Waals surface area contributed by atoms with Gasteiger partial charge in [0, 0.05) is 27.9 Å². The molecule has 0 aliphatic heterocycles. The van der Waals surface area contributed by atoms with Crippen LogP contribution in [-0.2, 0) is 0 Å². The molecule has 0 radical (unpaired) electrons. The summed E-state index contributed by atoms with van der Waals surface area (Å²) in [4.78, 5) is 10.3. The molecule has 0 saturated carbocycles. The first-order valence-electron chi connectivity index (χ1n) is 7.83. The number of nitro benzene ring substituents is 1. The summed E-state index contributed by atoms with van der Waals surface area (Å²) in [6, 6.07) is 4.96. The second kappa shape index (κ2) is 10.8. The van der Waals surface area contributed by atoms with Crippen LogP contribution in [0.5, 0.6) is 0 Å². The summed E-state index contributed by atoms with van der Waals surface area (Å²) in [6.45, 7) is 3.17.